The third-order valence-corrected chi connectivity index (χ3v) is 6.17. The zero-order valence-electron chi connectivity index (χ0n) is 15.7. The summed E-state index contributed by atoms with van der Waals surface area (Å²) in [5.41, 5.74) is 2.28. The molecule has 1 saturated heterocycles. The summed E-state index contributed by atoms with van der Waals surface area (Å²) in [6.07, 6.45) is 7.85. The molecule has 1 atom stereocenters. The number of nitrogens with zero attached hydrogens (tertiary/aromatic N) is 5. The highest BCUT2D eigenvalue weighted by molar-refractivity contribution is 7.71. The molecule has 146 valence electrons. The first-order chi connectivity index (χ1) is 13.7. The molecule has 4 rings (SSSR count). The Morgan fingerprint density at radius 3 is 2.82 bits per heavy atom. The van der Waals surface area contributed by atoms with Gasteiger partial charge in [0.15, 0.2) is 4.77 Å². The molecule has 1 aliphatic heterocycles. The Bertz CT molecular complexity index is 968. The topological polar surface area (TPSA) is 38.9 Å². The maximum atomic E-state index is 6.36. The van der Waals surface area contributed by atoms with Gasteiger partial charge < -0.3 is 4.57 Å². The predicted octanol–water partition coefficient (Wildman–Crippen LogP) is 4.37. The lowest BCUT2D eigenvalue weighted by molar-refractivity contribution is 0.187. The van der Waals surface area contributed by atoms with Crippen LogP contribution in [0.3, 0.4) is 0 Å². The van der Waals surface area contributed by atoms with Gasteiger partial charge in [0.2, 0.25) is 0 Å². The standard InChI is InChI=1S/C21H24ClN5S/c22-20-9-2-1-6-17(20)14-19-8-5-12-26(19)16-27-21(28)25(15-24-27)13-10-18-7-3-4-11-23-18/h1-4,6-7,9,11,15,19H,5,8,10,12-14,16H2. The van der Waals surface area contributed by atoms with Gasteiger partial charge in [-0.25, -0.2) is 4.68 Å². The molecule has 2 aromatic heterocycles. The van der Waals surface area contributed by atoms with Crippen LogP contribution in [0.1, 0.15) is 24.1 Å². The van der Waals surface area contributed by atoms with E-state index in [0.29, 0.717) is 6.04 Å². The van der Waals surface area contributed by atoms with Crippen molar-refractivity contribution in [2.75, 3.05) is 6.54 Å². The van der Waals surface area contributed by atoms with Crippen molar-refractivity contribution in [3.05, 3.63) is 76.0 Å². The van der Waals surface area contributed by atoms with Crippen molar-refractivity contribution in [1.29, 1.82) is 0 Å². The first-order valence-electron chi connectivity index (χ1n) is 9.70. The van der Waals surface area contributed by atoms with Crippen molar-refractivity contribution in [2.45, 2.75) is 44.9 Å². The van der Waals surface area contributed by atoms with E-state index in [4.69, 9.17) is 23.8 Å². The largest absolute Gasteiger partial charge is 0.306 e. The normalized spacial score (nSPS) is 17.2. The van der Waals surface area contributed by atoms with Crippen molar-refractivity contribution in [3.8, 4) is 0 Å². The highest BCUT2D eigenvalue weighted by Gasteiger charge is 2.26. The van der Waals surface area contributed by atoms with Crippen molar-refractivity contribution in [3.63, 3.8) is 0 Å². The van der Waals surface area contributed by atoms with Crippen LogP contribution in [0.15, 0.2) is 55.0 Å². The Labute approximate surface area is 175 Å². The first kappa shape index (κ1) is 19.3. The third kappa shape index (κ3) is 4.51. The number of rotatable bonds is 7. The van der Waals surface area contributed by atoms with Gasteiger partial charge in [0, 0.05) is 42.5 Å². The van der Waals surface area contributed by atoms with E-state index < -0.39 is 0 Å². The quantitative estimate of drug-likeness (QED) is 0.539. The number of aromatic nitrogens is 4. The summed E-state index contributed by atoms with van der Waals surface area (Å²) < 4.78 is 4.72. The fraction of sp³-hybridized carbons (Fsp3) is 0.381. The maximum Gasteiger partial charge on any atom is 0.198 e. The molecular formula is C21H24ClN5S. The summed E-state index contributed by atoms with van der Waals surface area (Å²) in [6, 6.07) is 14.6. The van der Waals surface area contributed by atoms with Crippen LogP contribution < -0.4 is 0 Å². The first-order valence-corrected chi connectivity index (χ1v) is 10.5. The van der Waals surface area contributed by atoms with E-state index >= 15 is 0 Å². The third-order valence-electron chi connectivity index (χ3n) is 5.36. The molecule has 5 nitrogen and oxygen atoms in total. The SMILES string of the molecule is S=c1n(CCc2ccccn2)cnn1CN1CCCC1Cc1ccccc1Cl. The summed E-state index contributed by atoms with van der Waals surface area (Å²) in [5.74, 6) is 0. The van der Waals surface area contributed by atoms with Crippen LogP contribution in [0, 0.1) is 4.77 Å². The number of hydrogen-bond donors (Lipinski definition) is 0. The minimum absolute atomic E-state index is 0.473. The molecule has 7 heteroatoms. The van der Waals surface area contributed by atoms with Gasteiger partial charge in [-0.3, -0.25) is 9.88 Å². The van der Waals surface area contributed by atoms with Gasteiger partial charge in [-0.2, -0.15) is 5.10 Å². The zero-order valence-corrected chi connectivity index (χ0v) is 17.3. The maximum absolute atomic E-state index is 6.36. The van der Waals surface area contributed by atoms with Crippen molar-refractivity contribution in [2.24, 2.45) is 0 Å². The van der Waals surface area contributed by atoms with Crippen LogP contribution in [0.2, 0.25) is 5.02 Å². The van der Waals surface area contributed by atoms with Crippen LogP contribution in [0.25, 0.3) is 0 Å². The van der Waals surface area contributed by atoms with Crippen molar-refractivity contribution < 1.29 is 0 Å². The number of pyridine rings is 1. The van der Waals surface area contributed by atoms with E-state index in [1.54, 1.807) is 0 Å². The van der Waals surface area contributed by atoms with Crippen molar-refractivity contribution in [1.82, 2.24) is 24.2 Å². The molecular weight excluding hydrogens is 390 g/mol. The molecule has 0 radical (unpaired) electrons. The number of halogens is 1. The van der Waals surface area contributed by atoms with Gasteiger partial charge in [0.05, 0.1) is 6.67 Å². The molecule has 0 saturated carbocycles. The lowest BCUT2D eigenvalue weighted by Crippen LogP contribution is -2.33. The number of benzene rings is 1. The number of aryl methyl sites for hydroxylation is 2. The molecule has 0 spiro atoms. The second-order valence-electron chi connectivity index (χ2n) is 7.22. The van der Waals surface area contributed by atoms with Gasteiger partial charge in [0.25, 0.3) is 0 Å². The van der Waals surface area contributed by atoms with E-state index in [9.17, 15) is 0 Å². The number of hydrogen-bond acceptors (Lipinski definition) is 4. The molecule has 0 bridgehead atoms. The van der Waals surface area contributed by atoms with Crippen LogP contribution in [0.5, 0.6) is 0 Å². The molecule has 1 aliphatic rings. The summed E-state index contributed by atoms with van der Waals surface area (Å²) >= 11 is 12.0. The smallest absolute Gasteiger partial charge is 0.198 e. The number of likely N-dealkylation sites (tertiary alicyclic amines) is 1. The molecule has 28 heavy (non-hydrogen) atoms. The summed E-state index contributed by atoms with van der Waals surface area (Å²) in [5, 5.41) is 5.39. The molecule has 0 N–H and O–H groups in total. The fourth-order valence-corrected chi connectivity index (χ4v) is 4.26. The van der Waals surface area contributed by atoms with Gasteiger partial charge in [-0.15, -0.1) is 0 Å². The van der Waals surface area contributed by atoms with Gasteiger partial charge in [0.1, 0.15) is 6.33 Å². The van der Waals surface area contributed by atoms with E-state index in [-0.39, 0.29) is 0 Å². The molecule has 3 aromatic rings. The Morgan fingerprint density at radius 2 is 2.00 bits per heavy atom. The molecule has 1 unspecified atom stereocenters. The average Bonchev–Trinajstić information content (AvgIpc) is 3.30. The highest BCUT2D eigenvalue weighted by Crippen LogP contribution is 2.25. The molecule has 3 heterocycles. The summed E-state index contributed by atoms with van der Waals surface area (Å²) in [7, 11) is 0. The lowest BCUT2D eigenvalue weighted by atomic mass is 10.0. The molecule has 0 aliphatic carbocycles. The molecule has 0 amide bonds. The predicted molar refractivity (Wildman–Crippen MR) is 114 cm³/mol. The van der Waals surface area contributed by atoms with E-state index in [1.807, 2.05) is 52.1 Å². The van der Waals surface area contributed by atoms with E-state index in [0.717, 1.165) is 48.1 Å². The Morgan fingerprint density at radius 1 is 1.14 bits per heavy atom. The summed E-state index contributed by atoms with van der Waals surface area (Å²) in [4.78, 5) is 6.84. The van der Waals surface area contributed by atoms with Crippen LogP contribution in [0.4, 0.5) is 0 Å². The minimum atomic E-state index is 0.473. The second-order valence-corrected chi connectivity index (χ2v) is 8.00. The Kier molecular flexibility index (Phi) is 6.20. The zero-order chi connectivity index (χ0) is 19.3. The van der Waals surface area contributed by atoms with Crippen LogP contribution >= 0.6 is 23.8 Å². The van der Waals surface area contributed by atoms with Crippen molar-refractivity contribution >= 4 is 23.8 Å². The highest BCUT2D eigenvalue weighted by atomic mass is 35.5. The minimum Gasteiger partial charge on any atom is -0.306 e. The fourth-order valence-electron chi connectivity index (χ4n) is 3.81. The van der Waals surface area contributed by atoms with Gasteiger partial charge in [-0.1, -0.05) is 35.9 Å². The lowest BCUT2D eigenvalue weighted by Gasteiger charge is -2.24. The average molecular weight is 414 g/mol. The monoisotopic (exact) mass is 413 g/mol. The molecule has 1 aromatic carbocycles. The van der Waals surface area contributed by atoms with Crippen LogP contribution in [-0.4, -0.2) is 36.8 Å². The second kappa shape index (κ2) is 8.99. The van der Waals surface area contributed by atoms with E-state index in [1.165, 1.54) is 18.4 Å². The Hall–Kier alpha value is -2.02. The molecule has 1 fully saturated rings. The van der Waals surface area contributed by atoms with Gasteiger partial charge >= 0.3 is 0 Å². The summed E-state index contributed by atoms with van der Waals surface area (Å²) in [6.45, 7) is 2.58. The van der Waals surface area contributed by atoms with E-state index in [2.05, 4.69) is 27.1 Å². The van der Waals surface area contributed by atoms with Gasteiger partial charge in [-0.05, 0) is 55.2 Å². The van der Waals surface area contributed by atoms with Crippen LogP contribution in [-0.2, 0) is 26.1 Å². The Balaban J connectivity index is 1.40.